The Bertz CT molecular complexity index is 636. The molecular formula is C18H24N2O. The van der Waals surface area contributed by atoms with Crippen molar-refractivity contribution in [1.29, 1.82) is 0 Å². The molecule has 3 heteroatoms. The molecule has 0 unspecified atom stereocenters. The minimum Gasteiger partial charge on any atom is -0.360 e. The average molecular weight is 284 g/mol. The summed E-state index contributed by atoms with van der Waals surface area (Å²) in [6, 6.07) is 6.23. The molecule has 1 saturated heterocycles. The first-order valence-corrected chi connectivity index (χ1v) is 8.03. The number of nitrogens with one attached hydrogen (secondary N) is 1. The smallest absolute Gasteiger partial charge is 0.178 e. The van der Waals surface area contributed by atoms with E-state index >= 15 is 0 Å². The number of hydrogen-bond acceptors (Lipinski definition) is 2. The number of likely N-dealkylation sites (tertiary alicyclic amines) is 1. The summed E-state index contributed by atoms with van der Waals surface area (Å²) in [7, 11) is 0. The number of piperidine rings is 1. The number of para-hydroxylation sites is 1. The maximum atomic E-state index is 12.6. The lowest BCUT2D eigenvalue weighted by atomic mass is 9.98. The van der Waals surface area contributed by atoms with Crippen molar-refractivity contribution in [2.24, 2.45) is 5.92 Å². The number of fused-ring (bicyclic) bond motifs is 1. The van der Waals surface area contributed by atoms with Gasteiger partial charge in [-0.2, -0.15) is 0 Å². The van der Waals surface area contributed by atoms with Crippen LogP contribution in [-0.4, -0.2) is 35.3 Å². The van der Waals surface area contributed by atoms with Crippen LogP contribution in [0.2, 0.25) is 0 Å². The maximum Gasteiger partial charge on any atom is 0.178 e. The molecule has 1 fully saturated rings. The van der Waals surface area contributed by atoms with Crippen molar-refractivity contribution in [3.05, 3.63) is 35.5 Å². The number of nitrogens with zero attached hydrogens (tertiary/aromatic N) is 1. The van der Waals surface area contributed by atoms with Gasteiger partial charge in [-0.25, -0.2) is 0 Å². The highest BCUT2D eigenvalue weighted by molar-refractivity contribution is 6.09. The van der Waals surface area contributed by atoms with Crippen LogP contribution in [0.4, 0.5) is 0 Å². The number of rotatable bonds is 4. The van der Waals surface area contributed by atoms with Gasteiger partial charge in [0.2, 0.25) is 0 Å². The Morgan fingerprint density at radius 2 is 2.10 bits per heavy atom. The number of hydrogen-bond donors (Lipinski definition) is 1. The Balaban J connectivity index is 1.79. The molecule has 0 saturated carbocycles. The van der Waals surface area contributed by atoms with E-state index in [2.05, 4.69) is 35.9 Å². The highest BCUT2D eigenvalue weighted by Gasteiger charge is 2.20. The summed E-state index contributed by atoms with van der Waals surface area (Å²) >= 11 is 0. The van der Waals surface area contributed by atoms with Crippen molar-refractivity contribution in [2.75, 3.05) is 19.6 Å². The van der Waals surface area contributed by atoms with Crippen molar-refractivity contribution in [2.45, 2.75) is 33.1 Å². The molecule has 2 heterocycles. The zero-order valence-corrected chi connectivity index (χ0v) is 13.0. The number of carbonyl (C=O) groups is 1. The molecule has 1 aliphatic heterocycles. The van der Waals surface area contributed by atoms with Crippen LogP contribution >= 0.6 is 0 Å². The number of carbonyl (C=O) groups excluding carboxylic acids is 1. The lowest BCUT2D eigenvalue weighted by molar-refractivity contribution is 0.0901. The number of aromatic amines is 1. The Morgan fingerprint density at radius 3 is 2.81 bits per heavy atom. The third-order valence-electron chi connectivity index (χ3n) is 4.73. The first-order chi connectivity index (χ1) is 10.2. The van der Waals surface area contributed by atoms with E-state index in [1.54, 1.807) is 0 Å². The molecule has 1 aliphatic rings. The van der Waals surface area contributed by atoms with E-state index in [9.17, 15) is 4.79 Å². The van der Waals surface area contributed by atoms with Gasteiger partial charge in [-0.05, 0) is 43.8 Å². The van der Waals surface area contributed by atoms with Crippen LogP contribution in [0.15, 0.2) is 24.4 Å². The summed E-state index contributed by atoms with van der Waals surface area (Å²) in [5.41, 5.74) is 3.24. The molecular weight excluding hydrogens is 260 g/mol. The summed E-state index contributed by atoms with van der Waals surface area (Å²) in [5.74, 6) is 1.04. The standard InChI is InChI=1S/C18H24N2O/c1-3-14-5-4-6-15-16(11-19-18(14)15)17(21)12-20-9-7-13(2)8-10-20/h4-6,11,13,19H,3,7-10,12H2,1-2H3. The third kappa shape index (κ3) is 2.88. The zero-order chi connectivity index (χ0) is 14.8. The van der Waals surface area contributed by atoms with Gasteiger partial charge in [0, 0.05) is 22.7 Å². The van der Waals surface area contributed by atoms with Gasteiger partial charge in [0.25, 0.3) is 0 Å². The molecule has 0 aliphatic carbocycles. The van der Waals surface area contributed by atoms with Crippen LogP contribution in [0.3, 0.4) is 0 Å². The van der Waals surface area contributed by atoms with Gasteiger partial charge < -0.3 is 4.98 Å². The summed E-state index contributed by atoms with van der Waals surface area (Å²) in [6.45, 7) is 7.10. The lowest BCUT2D eigenvalue weighted by Crippen LogP contribution is -2.36. The van der Waals surface area contributed by atoms with Gasteiger partial charge in [0.15, 0.2) is 5.78 Å². The SMILES string of the molecule is CCc1cccc2c(C(=O)CN3CCC(C)CC3)c[nH]c12. The molecule has 3 rings (SSSR count). The van der Waals surface area contributed by atoms with Crippen LogP contribution in [0, 0.1) is 5.92 Å². The number of benzene rings is 1. The molecule has 1 N–H and O–H groups in total. The van der Waals surface area contributed by atoms with Crippen molar-refractivity contribution >= 4 is 16.7 Å². The average Bonchev–Trinajstić information content (AvgIpc) is 2.93. The van der Waals surface area contributed by atoms with E-state index in [4.69, 9.17) is 0 Å². The molecule has 2 aromatic rings. The fraction of sp³-hybridized carbons (Fsp3) is 0.500. The van der Waals surface area contributed by atoms with Gasteiger partial charge >= 0.3 is 0 Å². The Hall–Kier alpha value is -1.61. The predicted octanol–water partition coefficient (Wildman–Crippen LogP) is 3.64. The number of ketones is 1. The van der Waals surface area contributed by atoms with Crippen molar-refractivity contribution in [1.82, 2.24) is 9.88 Å². The Kier molecular flexibility index (Phi) is 4.11. The second kappa shape index (κ2) is 6.02. The number of H-pyrrole nitrogens is 1. The molecule has 0 bridgehead atoms. The predicted molar refractivity (Wildman–Crippen MR) is 86.8 cm³/mol. The molecule has 1 aromatic carbocycles. The molecule has 1 aromatic heterocycles. The normalized spacial score (nSPS) is 17.4. The van der Waals surface area contributed by atoms with Gasteiger partial charge in [0.1, 0.15) is 0 Å². The van der Waals surface area contributed by atoms with Crippen LogP contribution < -0.4 is 0 Å². The van der Waals surface area contributed by atoms with E-state index < -0.39 is 0 Å². The highest BCUT2D eigenvalue weighted by Crippen LogP contribution is 2.23. The van der Waals surface area contributed by atoms with Crippen molar-refractivity contribution in [3.63, 3.8) is 0 Å². The summed E-state index contributed by atoms with van der Waals surface area (Å²) in [4.78, 5) is 18.2. The number of Topliss-reactive ketones (excluding diaryl/α,β-unsaturated/α-hetero) is 1. The molecule has 0 spiro atoms. The monoisotopic (exact) mass is 284 g/mol. The van der Waals surface area contributed by atoms with Crippen LogP contribution in [0.25, 0.3) is 10.9 Å². The minimum atomic E-state index is 0.240. The largest absolute Gasteiger partial charge is 0.360 e. The molecule has 0 amide bonds. The minimum absolute atomic E-state index is 0.240. The highest BCUT2D eigenvalue weighted by atomic mass is 16.1. The zero-order valence-electron chi connectivity index (χ0n) is 13.0. The molecule has 0 atom stereocenters. The summed E-state index contributed by atoms with van der Waals surface area (Å²) < 4.78 is 0. The van der Waals surface area contributed by atoms with E-state index in [1.807, 2.05) is 12.3 Å². The third-order valence-corrected chi connectivity index (χ3v) is 4.73. The maximum absolute atomic E-state index is 12.6. The topological polar surface area (TPSA) is 36.1 Å². The van der Waals surface area contributed by atoms with Gasteiger partial charge in [-0.3, -0.25) is 9.69 Å². The second-order valence-corrected chi connectivity index (χ2v) is 6.28. The summed E-state index contributed by atoms with van der Waals surface area (Å²) in [6.07, 6.45) is 5.29. The second-order valence-electron chi connectivity index (χ2n) is 6.28. The Morgan fingerprint density at radius 1 is 1.33 bits per heavy atom. The van der Waals surface area contributed by atoms with E-state index in [1.165, 1.54) is 18.4 Å². The molecule has 3 nitrogen and oxygen atoms in total. The lowest BCUT2D eigenvalue weighted by Gasteiger charge is -2.29. The van der Waals surface area contributed by atoms with Gasteiger partial charge in [0.05, 0.1) is 6.54 Å². The van der Waals surface area contributed by atoms with Crippen molar-refractivity contribution < 1.29 is 4.79 Å². The quantitative estimate of drug-likeness (QED) is 0.870. The molecule has 112 valence electrons. The van der Waals surface area contributed by atoms with Crippen LogP contribution in [-0.2, 0) is 6.42 Å². The first kappa shape index (κ1) is 14.3. The van der Waals surface area contributed by atoms with Crippen molar-refractivity contribution in [3.8, 4) is 0 Å². The van der Waals surface area contributed by atoms with E-state index in [-0.39, 0.29) is 5.78 Å². The van der Waals surface area contributed by atoms with Gasteiger partial charge in [-0.15, -0.1) is 0 Å². The van der Waals surface area contributed by atoms with Crippen LogP contribution in [0.5, 0.6) is 0 Å². The van der Waals surface area contributed by atoms with E-state index in [0.717, 1.165) is 41.9 Å². The molecule has 0 radical (unpaired) electrons. The fourth-order valence-corrected chi connectivity index (χ4v) is 3.25. The van der Waals surface area contributed by atoms with Gasteiger partial charge in [-0.1, -0.05) is 32.0 Å². The Labute approximate surface area is 126 Å². The summed E-state index contributed by atoms with van der Waals surface area (Å²) in [5, 5.41) is 1.07. The van der Waals surface area contributed by atoms with E-state index in [0.29, 0.717) is 6.54 Å². The number of aromatic nitrogens is 1. The fourth-order valence-electron chi connectivity index (χ4n) is 3.25. The number of aryl methyl sites for hydroxylation is 1. The first-order valence-electron chi connectivity index (χ1n) is 8.03. The molecule has 21 heavy (non-hydrogen) atoms. The van der Waals surface area contributed by atoms with Crippen LogP contribution in [0.1, 0.15) is 42.6 Å².